The molecule has 2 saturated heterocycles. The maximum atomic E-state index is 4.70. The van der Waals surface area contributed by atoms with Gasteiger partial charge in [-0.1, -0.05) is 0 Å². The average Bonchev–Trinajstić information content (AvgIpc) is 3.26. The summed E-state index contributed by atoms with van der Waals surface area (Å²) >= 11 is 0. The Hall–Kier alpha value is -1.95. The van der Waals surface area contributed by atoms with Crippen LogP contribution in [-0.4, -0.2) is 56.9 Å². The van der Waals surface area contributed by atoms with Gasteiger partial charge in [0.1, 0.15) is 5.82 Å². The third-order valence-electron chi connectivity index (χ3n) is 4.49. The summed E-state index contributed by atoms with van der Waals surface area (Å²) in [5, 5.41) is 4.22. The molecule has 0 aromatic carbocycles. The summed E-state index contributed by atoms with van der Waals surface area (Å²) in [5.41, 5.74) is 0. The Kier molecular flexibility index (Phi) is 3.31. The highest BCUT2D eigenvalue weighted by atomic mass is 15.3. The van der Waals surface area contributed by atoms with Crippen molar-refractivity contribution in [1.82, 2.24) is 24.6 Å². The molecule has 4 heterocycles. The monoisotopic (exact) mass is 284 g/mol. The highest BCUT2D eigenvalue weighted by Gasteiger charge is 2.30. The van der Waals surface area contributed by atoms with Gasteiger partial charge in [-0.15, -0.1) is 0 Å². The van der Waals surface area contributed by atoms with Gasteiger partial charge in [0.05, 0.1) is 12.4 Å². The Bertz CT molecular complexity index is 590. The molecule has 0 radical (unpaired) electrons. The molecule has 0 N–H and O–H groups in total. The summed E-state index contributed by atoms with van der Waals surface area (Å²) in [6.07, 6.45) is 11.2. The van der Waals surface area contributed by atoms with Crippen molar-refractivity contribution < 1.29 is 0 Å². The number of nitrogens with zero attached hydrogens (tertiary/aromatic N) is 6. The lowest BCUT2D eigenvalue weighted by Gasteiger charge is -2.24. The first-order valence-electron chi connectivity index (χ1n) is 7.71. The van der Waals surface area contributed by atoms with E-state index in [1.54, 1.807) is 17.1 Å². The van der Waals surface area contributed by atoms with Gasteiger partial charge in [0.25, 0.3) is 0 Å². The molecular formula is C15H20N6. The highest BCUT2D eigenvalue weighted by molar-refractivity contribution is 5.40. The maximum Gasteiger partial charge on any atom is 0.173 e. The Morgan fingerprint density at radius 2 is 1.90 bits per heavy atom. The van der Waals surface area contributed by atoms with Crippen LogP contribution in [0.3, 0.4) is 0 Å². The SMILES string of the molecule is c1cnn(-c2cncc(N3CC[C@H](N4CCCC4)C3)n2)c1. The lowest BCUT2D eigenvalue weighted by Crippen LogP contribution is -2.35. The minimum Gasteiger partial charge on any atom is -0.354 e. The highest BCUT2D eigenvalue weighted by Crippen LogP contribution is 2.24. The van der Waals surface area contributed by atoms with E-state index >= 15 is 0 Å². The Morgan fingerprint density at radius 1 is 1.05 bits per heavy atom. The van der Waals surface area contributed by atoms with Gasteiger partial charge >= 0.3 is 0 Å². The minimum absolute atomic E-state index is 0.683. The molecular weight excluding hydrogens is 264 g/mol. The van der Waals surface area contributed by atoms with Gasteiger partial charge in [-0.05, 0) is 38.4 Å². The molecule has 2 fully saturated rings. The molecule has 0 bridgehead atoms. The molecule has 21 heavy (non-hydrogen) atoms. The van der Waals surface area contributed by atoms with E-state index in [-0.39, 0.29) is 0 Å². The molecule has 0 saturated carbocycles. The molecule has 2 aromatic rings. The summed E-state index contributed by atoms with van der Waals surface area (Å²) in [4.78, 5) is 14.0. The van der Waals surface area contributed by atoms with Crippen molar-refractivity contribution in [3.8, 4) is 5.82 Å². The molecule has 0 amide bonds. The second-order valence-corrected chi connectivity index (χ2v) is 5.82. The number of hydrogen-bond donors (Lipinski definition) is 0. The van der Waals surface area contributed by atoms with Crippen LogP contribution < -0.4 is 4.90 Å². The summed E-state index contributed by atoms with van der Waals surface area (Å²) in [6.45, 7) is 4.66. The zero-order valence-corrected chi connectivity index (χ0v) is 12.1. The second-order valence-electron chi connectivity index (χ2n) is 5.82. The van der Waals surface area contributed by atoms with Crippen molar-refractivity contribution in [2.24, 2.45) is 0 Å². The second kappa shape index (κ2) is 5.44. The largest absolute Gasteiger partial charge is 0.354 e. The van der Waals surface area contributed by atoms with E-state index < -0.39 is 0 Å². The third-order valence-corrected chi connectivity index (χ3v) is 4.49. The van der Waals surface area contributed by atoms with Crippen molar-refractivity contribution in [2.75, 3.05) is 31.1 Å². The first kappa shape index (κ1) is 12.8. The Balaban J connectivity index is 1.50. The Labute approximate surface area is 124 Å². The molecule has 110 valence electrons. The maximum absolute atomic E-state index is 4.70. The van der Waals surface area contributed by atoms with Gasteiger partial charge < -0.3 is 4.90 Å². The molecule has 0 spiro atoms. The zero-order valence-electron chi connectivity index (χ0n) is 12.1. The van der Waals surface area contributed by atoms with Crippen LogP contribution in [0.15, 0.2) is 30.9 Å². The standard InChI is InChI=1S/C15H20N6/c1-2-7-19(6-1)13-4-9-20(12-13)14-10-16-11-15(18-14)21-8-3-5-17-21/h3,5,8,10-11,13H,1-2,4,6-7,9,12H2/t13-/m0/s1. The topological polar surface area (TPSA) is 50.1 Å². The fourth-order valence-electron chi connectivity index (χ4n) is 3.37. The van der Waals surface area contributed by atoms with Gasteiger partial charge in [-0.3, -0.25) is 9.88 Å². The van der Waals surface area contributed by atoms with Gasteiger partial charge in [0, 0.05) is 31.5 Å². The zero-order chi connectivity index (χ0) is 14.1. The fraction of sp³-hybridized carbons (Fsp3) is 0.533. The van der Waals surface area contributed by atoms with E-state index in [2.05, 4.69) is 19.9 Å². The summed E-state index contributed by atoms with van der Waals surface area (Å²) in [6, 6.07) is 2.58. The molecule has 2 aromatic heterocycles. The average molecular weight is 284 g/mol. The predicted molar refractivity (Wildman–Crippen MR) is 80.6 cm³/mol. The van der Waals surface area contributed by atoms with Gasteiger partial charge in [0.15, 0.2) is 5.82 Å². The van der Waals surface area contributed by atoms with E-state index in [1.165, 1.54) is 32.4 Å². The van der Waals surface area contributed by atoms with Crippen molar-refractivity contribution in [3.63, 3.8) is 0 Å². The van der Waals surface area contributed by atoms with Crippen LogP contribution >= 0.6 is 0 Å². The quantitative estimate of drug-likeness (QED) is 0.851. The summed E-state index contributed by atoms with van der Waals surface area (Å²) < 4.78 is 1.75. The van der Waals surface area contributed by atoms with E-state index in [9.17, 15) is 0 Å². The lowest BCUT2D eigenvalue weighted by molar-refractivity contribution is 0.260. The lowest BCUT2D eigenvalue weighted by atomic mass is 10.2. The van der Waals surface area contributed by atoms with Crippen LogP contribution in [0.5, 0.6) is 0 Å². The molecule has 4 rings (SSSR count). The molecule has 6 nitrogen and oxygen atoms in total. The van der Waals surface area contributed by atoms with Crippen LogP contribution in [0.4, 0.5) is 5.82 Å². The summed E-state index contributed by atoms with van der Waals surface area (Å²) in [5.74, 6) is 1.74. The van der Waals surface area contributed by atoms with Crippen LogP contribution in [-0.2, 0) is 0 Å². The first-order valence-corrected chi connectivity index (χ1v) is 7.71. The molecule has 0 aliphatic carbocycles. The number of likely N-dealkylation sites (tertiary alicyclic amines) is 1. The fourth-order valence-corrected chi connectivity index (χ4v) is 3.37. The Morgan fingerprint density at radius 3 is 2.71 bits per heavy atom. The number of aromatic nitrogens is 4. The molecule has 2 aliphatic heterocycles. The van der Waals surface area contributed by atoms with E-state index in [0.717, 1.165) is 24.7 Å². The number of hydrogen-bond acceptors (Lipinski definition) is 5. The normalized spacial score (nSPS) is 23.0. The van der Waals surface area contributed by atoms with E-state index in [4.69, 9.17) is 4.98 Å². The van der Waals surface area contributed by atoms with Gasteiger partial charge in [-0.25, -0.2) is 9.67 Å². The first-order chi connectivity index (χ1) is 10.4. The number of anilines is 1. The van der Waals surface area contributed by atoms with Crippen LogP contribution in [0, 0.1) is 0 Å². The van der Waals surface area contributed by atoms with Crippen molar-refractivity contribution >= 4 is 5.82 Å². The minimum atomic E-state index is 0.683. The molecule has 0 unspecified atom stereocenters. The molecule has 2 aliphatic rings. The number of rotatable bonds is 3. The van der Waals surface area contributed by atoms with Crippen LogP contribution in [0.1, 0.15) is 19.3 Å². The molecule has 1 atom stereocenters. The van der Waals surface area contributed by atoms with Crippen LogP contribution in [0.2, 0.25) is 0 Å². The van der Waals surface area contributed by atoms with Crippen molar-refractivity contribution in [2.45, 2.75) is 25.3 Å². The van der Waals surface area contributed by atoms with Crippen molar-refractivity contribution in [1.29, 1.82) is 0 Å². The summed E-state index contributed by atoms with van der Waals surface area (Å²) in [7, 11) is 0. The van der Waals surface area contributed by atoms with Gasteiger partial charge in [-0.2, -0.15) is 5.10 Å². The van der Waals surface area contributed by atoms with Gasteiger partial charge in [0.2, 0.25) is 0 Å². The van der Waals surface area contributed by atoms with Crippen LogP contribution in [0.25, 0.3) is 5.82 Å². The third kappa shape index (κ3) is 2.51. The van der Waals surface area contributed by atoms with E-state index in [0.29, 0.717) is 6.04 Å². The molecule has 6 heteroatoms. The van der Waals surface area contributed by atoms with E-state index in [1.807, 2.05) is 18.5 Å². The predicted octanol–water partition coefficient (Wildman–Crippen LogP) is 1.34. The van der Waals surface area contributed by atoms with Crippen molar-refractivity contribution in [3.05, 3.63) is 30.9 Å². The smallest absolute Gasteiger partial charge is 0.173 e.